The molecule has 5 nitrogen and oxygen atoms in total. The molecular formula is C24H25ClFN3O2. The quantitative estimate of drug-likeness (QED) is 0.774. The van der Waals surface area contributed by atoms with Gasteiger partial charge in [-0.3, -0.25) is 9.69 Å². The van der Waals surface area contributed by atoms with Crippen LogP contribution in [0.5, 0.6) is 0 Å². The van der Waals surface area contributed by atoms with E-state index in [2.05, 4.69) is 0 Å². The van der Waals surface area contributed by atoms with Crippen LogP contribution in [0.1, 0.15) is 49.3 Å². The number of rotatable bonds is 4. The molecule has 0 aliphatic carbocycles. The number of ether oxygens (including phenoxy) is 1. The number of amides is 1. The summed E-state index contributed by atoms with van der Waals surface area (Å²) >= 11 is 6.79. The lowest BCUT2D eigenvalue weighted by atomic mass is 9.85. The summed E-state index contributed by atoms with van der Waals surface area (Å²) < 4.78 is 19.2. The Bertz CT molecular complexity index is 1060. The minimum Gasteiger partial charge on any atom is -0.373 e. The lowest BCUT2D eigenvalue weighted by molar-refractivity contribution is -0.132. The summed E-state index contributed by atoms with van der Waals surface area (Å²) in [5.41, 5.74) is 8.13. The third-order valence-electron chi connectivity index (χ3n) is 6.74. The van der Waals surface area contributed by atoms with Crippen molar-refractivity contribution in [2.24, 2.45) is 10.7 Å². The number of carbonyl (C=O) groups excluding carboxylic acids is 1. The third-order valence-corrected chi connectivity index (χ3v) is 7.19. The predicted molar refractivity (Wildman–Crippen MR) is 117 cm³/mol. The molecule has 7 heteroatoms. The second-order valence-electron chi connectivity index (χ2n) is 8.94. The van der Waals surface area contributed by atoms with Crippen molar-refractivity contribution in [1.29, 1.82) is 0 Å². The molecule has 4 atom stereocenters. The van der Waals surface area contributed by atoms with Crippen molar-refractivity contribution >= 4 is 23.5 Å². The fraction of sp³-hybridized carbons (Fsp3) is 0.417. The van der Waals surface area contributed by atoms with E-state index in [0.717, 1.165) is 36.0 Å². The summed E-state index contributed by atoms with van der Waals surface area (Å²) in [5.74, 6) is -0.0804. The van der Waals surface area contributed by atoms with Crippen LogP contribution in [0, 0.1) is 5.82 Å². The zero-order valence-corrected chi connectivity index (χ0v) is 18.1. The molecule has 31 heavy (non-hydrogen) atoms. The van der Waals surface area contributed by atoms with Crippen LogP contribution >= 0.6 is 11.6 Å². The first-order valence-electron chi connectivity index (χ1n) is 10.7. The second kappa shape index (κ2) is 7.61. The van der Waals surface area contributed by atoms with E-state index in [1.165, 1.54) is 12.1 Å². The Morgan fingerprint density at radius 2 is 2.03 bits per heavy atom. The van der Waals surface area contributed by atoms with Crippen LogP contribution in [-0.2, 0) is 21.5 Å². The van der Waals surface area contributed by atoms with Crippen molar-refractivity contribution in [2.75, 3.05) is 0 Å². The van der Waals surface area contributed by atoms with Crippen LogP contribution in [0.4, 0.5) is 4.39 Å². The van der Waals surface area contributed by atoms with Gasteiger partial charge in [-0.25, -0.2) is 9.38 Å². The lowest BCUT2D eigenvalue weighted by Gasteiger charge is -2.40. The number of halogens is 2. The molecule has 2 fully saturated rings. The maximum absolute atomic E-state index is 13.2. The maximum Gasteiger partial charge on any atom is 0.232 e. The van der Waals surface area contributed by atoms with Gasteiger partial charge in [0.1, 0.15) is 5.82 Å². The number of aliphatic imine (C=N–C) groups is 1. The van der Waals surface area contributed by atoms with Gasteiger partial charge in [0.2, 0.25) is 5.91 Å². The monoisotopic (exact) mass is 441 g/mol. The second-order valence-corrected chi connectivity index (χ2v) is 9.32. The Labute approximate surface area is 186 Å². The zero-order chi connectivity index (χ0) is 21.8. The van der Waals surface area contributed by atoms with Crippen molar-refractivity contribution in [3.63, 3.8) is 0 Å². The number of fused-ring (bicyclic) bond motifs is 2. The molecule has 2 aromatic carbocycles. The number of nitrogens with two attached hydrogens (primary N) is 1. The fourth-order valence-corrected chi connectivity index (χ4v) is 5.60. The normalized spacial score (nSPS) is 30.0. The van der Waals surface area contributed by atoms with E-state index < -0.39 is 5.54 Å². The van der Waals surface area contributed by atoms with Gasteiger partial charge in [0.25, 0.3) is 0 Å². The number of hydrogen-bond acceptors (Lipinski definition) is 4. The maximum atomic E-state index is 13.2. The van der Waals surface area contributed by atoms with Crippen LogP contribution in [0.25, 0.3) is 0 Å². The van der Waals surface area contributed by atoms with Gasteiger partial charge in [-0.1, -0.05) is 41.9 Å². The van der Waals surface area contributed by atoms with Gasteiger partial charge >= 0.3 is 0 Å². The highest BCUT2D eigenvalue weighted by Crippen LogP contribution is 2.42. The molecule has 0 spiro atoms. The smallest absolute Gasteiger partial charge is 0.232 e. The van der Waals surface area contributed by atoms with Gasteiger partial charge in [-0.05, 0) is 61.4 Å². The van der Waals surface area contributed by atoms with Gasteiger partial charge in [0.15, 0.2) is 5.96 Å². The molecule has 0 aromatic heterocycles. The molecule has 2 saturated heterocycles. The molecule has 162 valence electrons. The molecule has 0 radical (unpaired) electrons. The molecular weight excluding hydrogens is 417 g/mol. The Hall–Kier alpha value is -2.44. The van der Waals surface area contributed by atoms with Crippen LogP contribution < -0.4 is 5.73 Å². The third kappa shape index (κ3) is 3.62. The number of guanidine groups is 1. The van der Waals surface area contributed by atoms with E-state index in [-0.39, 0.29) is 42.4 Å². The first-order chi connectivity index (χ1) is 14.8. The molecule has 0 saturated carbocycles. The van der Waals surface area contributed by atoms with E-state index in [1.54, 1.807) is 17.0 Å². The molecule has 3 aliphatic heterocycles. The zero-order valence-electron chi connectivity index (χ0n) is 17.4. The lowest BCUT2D eigenvalue weighted by Crippen LogP contribution is -2.56. The SMILES string of the molecule is C[C@@]1(c2cccc(Cc3ccc(F)cc3)c2Cl)CC(=O)N([C@H]2C[C@@H]3CC[C@H]2O3)C(N)=N1. The summed E-state index contributed by atoms with van der Waals surface area (Å²) in [4.78, 5) is 19.6. The molecule has 1 amide bonds. The first kappa shape index (κ1) is 20.5. The summed E-state index contributed by atoms with van der Waals surface area (Å²) in [5, 5.41) is 0.565. The van der Waals surface area contributed by atoms with Gasteiger partial charge in [0.05, 0.1) is 30.2 Å². The van der Waals surface area contributed by atoms with E-state index >= 15 is 0 Å². The standard InChI is InChI=1S/C24H25ClFN3O2/c1-24(13-21(30)29(23(27)28-24)19-12-17-9-10-20(19)31-17)18-4-2-3-15(22(18)25)11-14-5-7-16(26)8-6-14/h2-8,17,19-20H,9-13H2,1H3,(H2,27,28)/t17-,19-,20+,24-/m0/s1. The van der Waals surface area contributed by atoms with Gasteiger partial charge in [0, 0.05) is 5.02 Å². The average molecular weight is 442 g/mol. The van der Waals surface area contributed by atoms with Gasteiger partial charge in [-0.15, -0.1) is 0 Å². The number of nitrogens with zero attached hydrogens (tertiary/aromatic N) is 2. The summed E-state index contributed by atoms with van der Waals surface area (Å²) in [6.07, 6.45) is 3.86. The Morgan fingerprint density at radius 3 is 2.68 bits per heavy atom. The molecule has 2 N–H and O–H groups in total. The van der Waals surface area contributed by atoms with Crippen LogP contribution in [0.15, 0.2) is 47.5 Å². The topological polar surface area (TPSA) is 67.9 Å². The van der Waals surface area contributed by atoms with Gasteiger partial charge < -0.3 is 10.5 Å². The summed E-state index contributed by atoms with van der Waals surface area (Å²) in [7, 11) is 0. The van der Waals surface area contributed by atoms with Crippen LogP contribution in [0.3, 0.4) is 0 Å². The minimum absolute atomic E-state index is 0.0279. The Morgan fingerprint density at radius 1 is 1.26 bits per heavy atom. The fourth-order valence-electron chi connectivity index (χ4n) is 5.20. The van der Waals surface area contributed by atoms with E-state index in [4.69, 9.17) is 27.1 Å². The molecule has 5 rings (SSSR count). The van der Waals surface area contributed by atoms with Crippen molar-refractivity contribution in [1.82, 2.24) is 4.90 Å². The summed E-state index contributed by atoms with van der Waals surface area (Å²) in [6, 6.07) is 12.1. The van der Waals surface area contributed by atoms with Crippen molar-refractivity contribution < 1.29 is 13.9 Å². The van der Waals surface area contributed by atoms with Crippen molar-refractivity contribution in [3.05, 3.63) is 70.0 Å². The highest BCUT2D eigenvalue weighted by Gasteiger charge is 2.49. The van der Waals surface area contributed by atoms with Crippen molar-refractivity contribution in [3.8, 4) is 0 Å². The van der Waals surface area contributed by atoms with E-state index in [9.17, 15) is 9.18 Å². The van der Waals surface area contributed by atoms with Crippen LogP contribution in [-0.4, -0.2) is 35.0 Å². The van der Waals surface area contributed by atoms with E-state index in [1.807, 2.05) is 25.1 Å². The highest BCUT2D eigenvalue weighted by molar-refractivity contribution is 6.32. The number of carbonyl (C=O) groups is 1. The molecule has 0 unspecified atom stereocenters. The van der Waals surface area contributed by atoms with Crippen LogP contribution in [0.2, 0.25) is 5.02 Å². The molecule has 2 bridgehead atoms. The molecule has 3 aliphatic rings. The summed E-state index contributed by atoms with van der Waals surface area (Å²) in [6.45, 7) is 1.90. The minimum atomic E-state index is -0.841. The average Bonchev–Trinajstić information content (AvgIpc) is 3.34. The first-order valence-corrected chi connectivity index (χ1v) is 11.1. The van der Waals surface area contributed by atoms with E-state index in [0.29, 0.717) is 11.4 Å². The molecule has 3 heterocycles. The number of hydrogen-bond donors (Lipinski definition) is 1. The largest absolute Gasteiger partial charge is 0.373 e. The Kier molecular flexibility index (Phi) is 5.02. The Balaban J connectivity index is 1.44. The number of benzene rings is 2. The van der Waals surface area contributed by atoms with Gasteiger partial charge in [-0.2, -0.15) is 0 Å². The highest BCUT2D eigenvalue weighted by atomic mass is 35.5. The predicted octanol–water partition coefficient (Wildman–Crippen LogP) is 4.15. The molecule has 2 aromatic rings. The van der Waals surface area contributed by atoms with Crippen molar-refractivity contribution in [2.45, 2.75) is 62.8 Å².